The Kier molecular flexibility index (Phi) is 10.1. The summed E-state index contributed by atoms with van der Waals surface area (Å²) in [6.07, 6.45) is 6.15. The van der Waals surface area contributed by atoms with Gasteiger partial charge in [-0.2, -0.15) is 11.8 Å². The highest BCUT2D eigenvalue weighted by molar-refractivity contribution is 7.98. The standard InChI is InChI=1S/C25H31N5O6S/c1-25(15-36-25)21(31)17(11-16-7-5-4-6-8-16)28-23(33)19(13-35-2)29-24(34)20(14-37-3)30-22(32)18-12-26-9-10-27-18/h4-10,12,17,19-20H,11,13-15H2,1-3H3,(H,28,33)(H,29,34)(H,30,32)/t17-,19-,20+,25+/m0/s1. The molecular weight excluding hydrogens is 498 g/mol. The van der Waals surface area contributed by atoms with Crippen LogP contribution in [0, 0.1) is 0 Å². The normalized spacial score (nSPS) is 18.7. The molecule has 1 aliphatic rings. The molecule has 0 saturated carbocycles. The van der Waals surface area contributed by atoms with E-state index in [1.165, 1.54) is 37.5 Å². The third-order valence-electron chi connectivity index (χ3n) is 5.73. The number of aromatic nitrogens is 2. The Morgan fingerprint density at radius 1 is 1.05 bits per heavy atom. The van der Waals surface area contributed by atoms with Gasteiger partial charge in [-0.1, -0.05) is 30.3 Å². The van der Waals surface area contributed by atoms with Crippen LogP contribution in [0.25, 0.3) is 0 Å². The van der Waals surface area contributed by atoms with E-state index in [0.29, 0.717) is 0 Å². The van der Waals surface area contributed by atoms with Crippen LogP contribution in [0.5, 0.6) is 0 Å². The van der Waals surface area contributed by atoms with E-state index in [1.807, 2.05) is 30.3 Å². The summed E-state index contributed by atoms with van der Waals surface area (Å²) in [5, 5.41) is 8.03. The summed E-state index contributed by atoms with van der Waals surface area (Å²) in [4.78, 5) is 59.7. The second-order valence-corrected chi connectivity index (χ2v) is 9.63. The van der Waals surface area contributed by atoms with Gasteiger partial charge in [0.1, 0.15) is 23.4 Å². The highest BCUT2D eigenvalue weighted by Crippen LogP contribution is 2.29. The van der Waals surface area contributed by atoms with E-state index in [0.717, 1.165) is 5.56 Å². The van der Waals surface area contributed by atoms with Crippen LogP contribution in [0.2, 0.25) is 0 Å². The molecule has 3 amide bonds. The number of methoxy groups -OCH3 is 1. The third kappa shape index (κ3) is 8.07. The number of hydrogen-bond donors (Lipinski definition) is 3. The van der Waals surface area contributed by atoms with E-state index in [9.17, 15) is 19.2 Å². The van der Waals surface area contributed by atoms with E-state index < -0.39 is 41.4 Å². The Hall–Kier alpha value is -3.35. The number of rotatable bonds is 14. The molecule has 37 heavy (non-hydrogen) atoms. The molecular formula is C25H31N5O6S. The molecule has 4 atom stereocenters. The maximum atomic E-state index is 13.2. The number of thioether (sulfide) groups is 1. The van der Waals surface area contributed by atoms with Crippen LogP contribution in [-0.4, -0.2) is 89.5 Å². The van der Waals surface area contributed by atoms with Gasteiger partial charge in [0.25, 0.3) is 5.91 Å². The highest BCUT2D eigenvalue weighted by Gasteiger charge is 2.50. The zero-order valence-electron chi connectivity index (χ0n) is 20.9. The van der Waals surface area contributed by atoms with Crippen LogP contribution in [0.1, 0.15) is 23.0 Å². The number of carbonyl (C=O) groups excluding carboxylic acids is 4. The maximum Gasteiger partial charge on any atom is 0.272 e. The fraction of sp³-hybridized carbons (Fsp3) is 0.440. The number of nitrogens with one attached hydrogen (secondary N) is 3. The molecule has 2 heterocycles. The van der Waals surface area contributed by atoms with Gasteiger partial charge in [-0.05, 0) is 25.2 Å². The molecule has 3 N–H and O–H groups in total. The lowest BCUT2D eigenvalue weighted by atomic mass is 9.94. The fourth-order valence-corrected chi connectivity index (χ4v) is 4.14. The monoisotopic (exact) mass is 529 g/mol. The van der Waals surface area contributed by atoms with E-state index in [-0.39, 0.29) is 36.9 Å². The molecule has 1 aliphatic heterocycles. The first-order valence-corrected chi connectivity index (χ1v) is 13.0. The zero-order valence-corrected chi connectivity index (χ0v) is 21.7. The van der Waals surface area contributed by atoms with E-state index in [4.69, 9.17) is 9.47 Å². The first-order valence-electron chi connectivity index (χ1n) is 11.6. The lowest BCUT2D eigenvalue weighted by Gasteiger charge is -2.25. The molecule has 11 nitrogen and oxygen atoms in total. The van der Waals surface area contributed by atoms with Gasteiger partial charge >= 0.3 is 0 Å². The van der Waals surface area contributed by atoms with E-state index >= 15 is 0 Å². The van der Waals surface area contributed by atoms with Crippen molar-refractivity contribution >= 4 is 35.3 Å². The van der Waals surface area contributed by atoms with Gasteiger partial charge in [0.05, 0.1) is 25.5 Å². The lowest BCUT2D eigenvalue weighted by Crippen LogP contribution is -2.58. The van der Waals surface area contributed by atoms with Crippen LogP contribution in [0.15, 0.2) is 48.9 Å². The second kappa shape index (κ2) is 13.3. The molecule has 1 saturated heterocycles. The first kappa shape index (κ1) is 28.2. The summed E-state index contributed by atoms with van der Waals surface area (Å²) in [7, 11) is 1.40. The number of nitrogens with zero attached hydrogens (tertiary/aromatic N) is 2. The van der Waals surface area contributed by atoms with Crippen LogP contribution >= 0.6 is 11.8 Å². The summed E-state index contributed by atoms with van der Waals surface area (Å²) >= 11 is 1.35. The Morgan fingerprint density at radius 3 is 2.32 bits per heavy atom. The largest absolute Gasteiger partial charge is 0.382 e. The topological polar surface area (TPSA) is 152 Å². The average molecular weight is 530 g/mol. The summed E-state index contributed by atoms with van der Waals surface area (Å²) in [5.74, 6) is -1.72. The summed E-state index contributed by atoms with van der Waals surface area (Å²) < 4.78 is 10.5. The smallest absolute Gasteiger partial charge is 0.272 e. The van der Waals surface area contributed by atoms with Gasteiger partial charge in [0, 0.05) is 25.3 Å². The number of epoxide rings is 1. The molecule has 1 aromatic carbocycles. The lowest BCUT2D eigenvalue weighted by molar-refractivity contribution is -0.134. The predicted molar refractivity (Wildman–Crippen MR) is 137 cm³/mol. The number of benzene rings is 1. The van der Waals surface area contributed by atoms with Crippen molar-refractivity contribution in [1.82, 2.24) is 25.9 Å². The van der Waals surface area contributed by atoms with Crippen LogP contribution in [0.3, 0.4) is 0 Å². The highest BCUT2D eigenvalue weighted by atomic mass is 32.2. The number of ether oxygens (including phenoxy) is 2. The number of hydrogen-bond acceptors (Lipinski definition) is 9. The Labute approximate surface area is 219 Å². The Bertz CT molecular complexity index is 1080. The number of Topliss-reactive ketones (excluding diaryl/α,β-unsaturated/α-hetero) is 1. The minimum absolute atomic E-state index is 0.0608. The van der Waals surface area contributed by atoms with Crippen molar-refractivity contribution in [3.05, 3.63) is 60.2 Å². The van der Waals surface area contributed by atoms with Crippen LogP contribution < -0.4 is 16.0 Å². The van der Waals surface area contributed by atoms with Crippen molar-refractivity contribution in [2.45, 2.75) is 37.1 Å². The molecule has 0 bridgehead atoms. The van der Waals surface area contributed by atoms with Gasteiger partial charge in [-0.3, -0.25) is 24.2 Å². The Morgan fingerprint density at radius 2 is 1.73 bits per heavy atom. The minimum Gasteiger partial charge on any atom is -0.382 e. The molecule has 0 unspecified atom stereocenters. The predicted octanol–water partition coefficient (Wildman–Crippen LogP) is 0.155. The summed E-state index contributed by atoms with van der Waals surface area (Å²) in [6.45, 7) is 1.83. The van der Waals surface area contributed by atoms with Crippen molar-refractivity contribution in [3.8, 4) is 0 Å². The van der Waals surface area contributed by atoms with Crippen molar-refractivity contribution in [3.63, 3.8) is 0 Å². The zero-order chi connectivity index (χ0) is 26.8. The molecule has 0 aliphatic carbocycles. The minimum atomic E-state index is -1.10. The second-order valence-electron chi connectivity index (χ2n) is 8.72. The molecule has 0 radical (unpaired) electrons. The summed E-state index contributed by atoms with van der Waals surface area (Å²) in [6, 6.07) is 6.38. The van der Waals surface area contributed by atoms with Gasteiger partial charge in [-0.25, -0.2) is 4.98 Å². The van der Waals surface area contributed by atoms with Crippen LogP contribution in [0.4, 0.5) is 0 Å². The van der Waals surface area contributed by atoms with Gasteiger partial charge in [0.2, 0.25) is 11.8 Å². The third-order valence-corrected chi connectivity index (χ3v) is 6.40. The van der Waals surface area contributed by atoms with Gasteiger partial charge < -0.3 is 25.4 Å². The van der Waals surface area contributed by atoms with E-state index in [2.05, 4.69) is 25.9 Å². The molecule has 1 fully saturated rings. The average Bonchev–Trinajstić information content (AvgIpc) is 3.66. The van der Waals surface area contributed by atoms with E-state index in [1.54, 1.807) is 13.2 Å². The quantitative estimate of drug-likeness (QED) is 0.291. The van der Waals surface area contributed by atoms with Crippen molar-refractivity contribution in [2.75, 3.05) is 32.3 Å². The van der Waals surface area contributed by atoms with Crippen molar-refractivity contribution < 1.29 is 28.7 Å². The molecule has 0 spiro atoms. The number of carbonyl (C=O) groups is 4. The Balaban J connectivity index is 1.70. The van der Waals surface area contributed by atoms with Gasteiger partial charge in [0.15, 0.2) is 5.78 Å². The van der Waals surface area contributed by atoms with Crippen molar-refractivity contribution in [1.29, 1.82) is 0 Å². The number of amides is 3. The number of ketones is 1. The molecule has 2 aromatic rings. The molecule has 12 heteroatoms. The molecule has 1 aromatic heterocycles. The summed E-state index contributed by atoms with van der Waals surface area (Å²) in [5.41, 5.74) is -0.0176. The SMILES string of the molecule is COC[C@H](NC(=O)[C@@H](CSC)NC(=O)c1cnccn1)C(=O)N[C@@H](Cc1ccccc1)C(=O)[C@@]1(C)CO1. The first-order chi connectivity index (χ1) is 17.8. The molecule has 3 rings (SSSR count). The fourth-order valence-electron chi connectivity index (χ4n) is 3.57. The molecule has 198 valence electrons. The van der Waals surface area contributed by atoms with Crippen LogP contribution in [-0.2, 0) is 30.3 Å². The van der Waals surface area contributed by atoms with Gasteiger partial charge in [-0.15, -0.1) is 0 Å². The van der Waals surface area contributed by atoms with Crippen molar-refractivity contribution in [2.24, 2.45) is 0 Å². The maximum absolute atomic E-state index is 13.2.